The summed E-state index contributed by atoms with van der Waals surface area (Å²) in [7, 11) is 0. The van der Waals surface area contributed by atoms with E-state index in [0.717, 1.165) is 21.3 Å². The number of carbonyl (C=O) groups is 2. The highest BCUT2D eigenvalue weighted by atomic mass is 32.1. The zero-order valence-corrected chi connectivity index (χ0v) is 15.6. The quantitative estimate of drug-likeness (QED) is 0.715. The van der Waals surface area contributed by atoms with Crippen LogP contribution in [0.3, 0.4) is 0 Å². The number of nitrogens with zero attached hydrogens (tertiary/aromatic N) is 1. The average Bonchev–Trinajstić information content (AvgIpc) is 2.96. The molecular weight excluding hydrogens is 350 g/mol. The van der Waals surface area contributed by atoms with Crippen molar-refractivity contribution in [3.63, 3.8) is 0 Å². The van der Waals surface area contributed by atoms with Crippen molar-refractivity contribution in [1.29, 1.82) is 0 Å². The average molecular weight is 369 g/mol. The zero-order valence-electron chi connectivity index (χ0n) is 14.8. The van der Waals surface area contributed by atoms with Crippen LogP contribution in [0.5, 0.6) is 5.75 Å². The molecule has 0 spiro atoms. The van der Waals surface area contributed by atoms with Gasteiger partial charge in [0.15, 0.2) is 11.7 Å². The van der Waals surface area contributed by atoms with E-state index in [1.54, 1.807) is 12.1 Å². The second-order valence-electron chi connectivity index (χ2n) is 5.99. The summed E-state index contributed by atoms with van der Waals surface area (Å²) < 4.78 is 6.48. The van der Waals surface area contributed by atoms with E-state index in [9.17, 15) is 9.59 Å². The van der Waals surface area contributed by atoms with E-state index in [1.165, 1.54) is 18.3 Å². The normalized spacial score (nSPS) is 10.6. The first kappa shape index (κ1) is 17.9. The molecule has 2 N–H and O–H groups in total. The number of amides is 2. The van der Waals surface area contributed by atoms with Gasteiger partial charge in [-0.05, 0) is 49.2 Å². The number of aryl methyl sites for hydroxylation is 2. The summed E-state index contributed by atoms with van der Waals surface area (Å²) in [6, 6.07) is 11.3. The van der Waals surface area contributed by atoms with Crippen molar-refractivity contribution in [2.24, 2.45) is 0 Å². The van der Waals surface area contributed by atoms with E-state index < -0.39 is 0 Å². The molecule has 0 saturated carbocycles. The van der Waals surface area contributed by atoms with Crippen LogP contribution >= 0.6 is 11.3 Å². The van der Waals surface area contributed by atoms with Crippen LogP contribution in [-0.4, -0.2) is 23.4 Å². The fourth-order valence-electron chi connectivity index (χ4n) is 2.42. The molecule has 6 nitrogen and oxygen atoms in total. The Hall–Kier alpha value is -2.93. The van der Waals surface area contributed by atoms with Crippen molar-refractivity contribution in [2.75, 3.05) is 17.2 Å². The molecule has 1 aromatic heterocycles. The van der Waals surface area contributed by atoms with Gasteiger partial charge in [0.25, 0.3) is 5.91 Å². The molecule has 1 heterocycles. The molecule has 0 saturated heterocycles. The number of thiazole rings is 1. The Bertz CT molecular complexity index is 981. The highest BCUT2D eigenvalue weighted by Crippen LogP contribution is 2.28. The molecule has 0 radical (unpaired) electrons. The fraction of sp³-hybridized carbons (Fsp3) is 0.211. The fourth-order valence-corrected chi connectivity index (χ4v) is 3.34. The lowest BCUT2D eigenvalue weighted by molar-refractivity contribution is -0.118. The van der Waals surface area contributed by atoms with Crippen molar-refractivity contribution < 1.29 is 14.3 Å². The van der Waals surface area contributed by atoms with Gasteiger partial charge in [0, 0.05) is 12.6 Å². The largest absolute Gasteiger partial charge is 0.483 e. The molecule has 2 amide bonds. The smallest absolute Gasteiger partial charge is 0.264 e. The van der Waals surface area contributed by atoms with E-state index in [-0.39, 0.29) is 18.4 Å². The Morgan fingerprint density at radius 3 is 2.69 bits per heavy atom. The zero-order chi connectivity index (χ0) is 18.7. The molecule has 7 heteroatoms. The van der Waals surface area contributed by atoms with Gasteiger partial charge in [0.1, 0.15) is 5.75 Å². The van der Waals surface area contributed by atoms with E-state index in [1.807, 2.05) is 38.1 Å². The third-order valence-electron chi connectivity index (χ3n) is 3.66. The van der Waals surface area contributed by atoms with Crippen molar-refractivity contribution in [3.05, 3.63) is 47.5 Å². The second-order valence-corrected chi connectivity index (χ2v) is 7.02. The van der Waals surface area contributed by atoms with Crippen LogP contribution in [0, 0.1) is 13.8 Å². The van der Waals surface area contributed by atoms with E-state index in [4.69, 9.17) is 4.74 Å². The van der Waals surface area contributed by atoms with Crippen molar-refractivity contribution in [1.82, 2.24) is 4.98 Å². The summed E-state index contributed by atoms with van der Waals surface area (Å²) in [5.41, 5.74) is 3.51. The number of hydrogen-bond donors (Lipinski definition) is 2. The van der Waals surface area contributed by atoms with Crippen LogP contribution in [0.15, 0.2) is 36.4 Å². The Balaban J connectivity index is 1.65. The summed E-state index contributed by atoms with van der Waals surface area (Å²) in [4.78, 5) is 27.7. The Morgan fingerprint density at radius 1 is 1.12 bits per heavy atom. The molecule has 0 atom stereocenters. The summed E-state index contributed by atoms with van der Waals surface area (Å²) in [6.45, 7) is 5.28. The maximum atomic E-state index is 12.1. The molecular formula is C19H19N3O3S. The van der Waals surface area contributed by atoms with Gasteiger partial charge in [-0.3, -0.25) is 14.9 Å². The van der Waals surface area contributed by atoms with E-state index >= 15 is 0 Å². The van der Waals surface area contributed by atoms with Crippen LogP contribution in [0.4, 0.5) is 10.8 Å². The lowest BCUT2D eigenvalue weighted by atomic mass is 10.1. The first-order chi connectivity index (χ1) is 12.4. The van der Waals surface area contributed by atoms with Gasteiger partial charge in [-0.2, -0.15) is 0 Å². The second kappa shape index (κ2) is 7.53. The summed E-state index contributed by atoms with van der Waals surface area (Å²) >= 11 is 1.34. The van der Waals surface area contributed by atoms with Crippen molar-refractivity contribution >= 4 is 44.2 Å². The lowest BCUT2D eigenvalue weighted by Gasteiger charge is -2.09. The van der Waals surface area contributed by atoms with Crippen LogP contribution in [0.1, 0.15) is 18.1 Å². The van der Waals surface area contributed by atoms with Crippen molar-refractivity contribution in [2.45, 2.75) is 20.8 Å². The molecule has 2 aromatic carbocycles. The first-order valence-corrected chi connectivity index (χ1v) is 8.90. The number of anilines is 2. The van der Waals surface area contributed by atoms with Gasteiger partial charge in [-0.25, -0.2) is 4.98 Å². The monoisotopic (exact) mass is 369 g/mol. The standard InChI is InChI=1S/C19H19N3O3S/c1-11-4-5-12(2)16(8-11)25-10-18(24)22-19-21-15-7-6-14(20-13(3)23)9-17(15)26-19/h4-9H,10H2,1-3H3,(H,20,23)(H,21,22,24). The molecule has 0 aliphatic heterocycles. The Kier molecular flexibility index (Phi) is 5.18. The number of fused-ring (bicyclic) bond motifs is 1. The minimum atomic E-state index is -0.271. The van der Waals surface area contributed by atoms with E-state index in [2.05, 4.69) is 15.6 Å². The third kappa shape index (κ3) is 4.37. The van der Waals surface area contributed by atoms with Gasteiger partial charge in [-0.15, -0.1) is 0 Å². The SMILES string of the molecule is CC(=O)Nc1ccc2nc(NC(=O)COc3cc(C)ccc3C)sc2c1. The van der Waals surface area contributed by atoms with Gasteiger partial charge in [0.05, 0.1) is 10.2 Å². The number of carbonyl (C=O) groups excluding carboxylic acids is 2. The number of nitrogens with one attached hydrogen (secondary N) is 2. The highest BCUT2D eigenvalue weighted by Gasteiger charge is 2.10. The van der Waals surface area contributed by atoms with Crippen LogP contribution in [0.25, 0.3) is 10.2 Å². The molecule has 0 aliphatic rings. The maximum absolute atomic E-state index is 12.1. The van der Waals surface area contributed by atoms with Gasteiger partial charge in [-0.1, -0.05) is 23.5 Å². The lowest BCUT2D eigenvalue weighted by Crippen LogP contribution is -2.20. The summed E-state index contributed by atoms with van der Waals surface area (Å²) in [6.07, 6.45) is 0. The number of aromatic nitrogens is 1. The Morgan fingerprint density at radius 2 is 1.92 bits per heavy atom. The first-order valence-electron chi connectivity index (χ1n) is 8.09. The molecule has 0 fully saturated rings. The molecule has 0 aliphatic carbocycles. The number of ether oxygens (including phenoxy) is 1. The molecule has 3 rings (SSSR count). The van der Waals surface area contributed by atoms with Gasteiger partial charge in [0.2, 0.25) is 5.91 Å². The predicted molar refractivity (Wildman–Crippen MR) is 104 cm³/mol. The highest BCUT2D eigenvalue weighted by molar-refractivity contribution is 7.22. The van der Waals surface area contributed by atoms with E-state index in [0.29, 0.717) is 16.6 Å². The molecule has 0 unspecified atom stereocenters. The summed E-state index contributed by atoms with van der Waals surface area (Å²) in [5.74, 6) is 0.294. The van der Waals surface area contributed by atoms with Gasteiger partial charge < -0.3 is 10.1 Å². The summed E-state index contributed by atoms with van der Waals surface area (Å²) in [5, 5.41) is 5.97. The molecule has 26 heavy (non-hydrogen) atoms. The van der Waals surface area contributed by atoms with Crippen LogP contribution in [-0.2, 0) is 9.59 Å². The topological polar surface area (TPSA) is 80.3 Å². The Labute approximate surface area is 155 Å². The molecule has 3 aromatic rings. The van der Waals surface area contributed by atoms with Crippen LogP contribution in [0.2, 0.25) is 0 Å². The third-order valence-corrected chi connectivity index (χ3v) is 4.59. The minimum Gasteiger partial charge on any atom is -0.483 e. The maximum Gasteiger partial charge on any atom is 0.264 e. The van der Waals surface area contributed by atoms with Gasteiger partial charge >= 0.3 is 0 Å². The van der Waals surface area contributed by atoms with Crippen LogP contribution < -0.4 is 15.4 Å². The molecule has 0 bridgehead atoms. The number of hydrogen-bond acceptors (Lipinski definition) is 5. The number of rotatable bonds is 5. The number of benzene rings is 2. The van der Waals surface area contributed by atoms with Crippen molar-refractivity contribution in [3.8, 4) is 5.75 Å². The molecule has 134 valence electrons. The minimum absolute atomic E-state index is 0.0860. The predicted octanol–water partition coefficient (Wildman–Crippen LogP) is 3.89.